The number of hydrogen-bond donors (Lipinski definition) is 0. The lowest BCUT2D eigenvalue weighted by Crippen LogP contribution is -2.36. The first-order chi connectivity index (χ1) is 9.52. The number of carbonyl (C=O) groups excluding carboxylic acids is 2. The summed E-state index contributed by atoms with van der Waals surface area (Å²) in [6.07, 6.45) is 2.80. The molecule has 0 bridgehead atoms. The molecule has 1 aliphatic rings. The van der Waals surface area contributed by atoms with Crippen molar-refractivity contribution in [3.8, 4) is 0 Å². The molecule has 1 fully saturated rings. The molecule has 0 aromatic rings. The number of ether oxygens (including phenoxy) is 2. The molecule has 0 amide bonds. The third-order valence-corrected chi connectivity index (χ3v) is 3.29. The van der Waals surface area contributed by atoms with Gasteiger partial charge in [0.1, 0.15) is 11.5 Å². The number of esters is 2. The molecule has 0 atom stereocenters. The summed E-state index contributed by atoms with van der Waals surface area (Å²) < 4.78 is 15.1. The maximum atomic E-state index is 12.0. The lowest BCUT2D eigenvalue weighted by Gasteiger charge is -2.28. The van der Waals surface area contributed by atoms with Crippen molar-refractivity contribution < 1.29 is 24.1 Å². The van der Waals surface area contributed by atoms with Crippen LogP contribution in [0.5, 0.6) is 0 Å². The maximum Gasteiger partial charge on any atom is 0.500 e. The summed E-state index contributed by atoms with van der Waals surface area (Å²) >= 11 is 0. The third-order valence-electron chi connectivity index (χ3n) is 3.29. The van der Waals surface area contributed by atoms with Gasteiger partial charge in [-0.2, -0.15) is 0 Å². The Morgan fingerprint density at radius 2 is 1.33 bits per heavy atom. The molecule has 5 nitrogen and oxygen atoms in total. The van der Waals surface area contributed by atoms with E-state index in [-0.39, 0.29) is 23.8 Å². The van der Waals surface area contributed by atoms with Crippen LogP contribution in [0.1, 0.15) is 67.2 Å². The van der Waals surface area contributed by atoms with E-state index >= 15 is 0 Å². The number of carbonyl (C=O) groups is 1. The van der Waals surface area contributed by atoms with Crippen molar-refractivity contribution in [3.05, 3.63) is 0 Å². The zero-order valence-corrected chi connectivity index (χ0v) is 14.0. The van der Waals surface area contributed by atoms with Crippen LogP contribution in [-0.4, -0.2) is 23.1 Å². The van der Waals surface area contributed by atoms with E-state index in [0.717, 1.165) is 0 Å². The van der Waals surface area contributed by atoms with Crippen molar-refractivity contribution in [2.45, 2.75) is 78.4 Å². The summed E-state index contributed by atoms with van der Waals surface area (Å²) in [5.74, 6) is -0.143. The van der Waals surface area contributed by atoms with Gasteiger partial charge < -0.3 is 14.7 Å². The van der Waals surface area contributed by atoms with E-state index in [2.05, 4.69) is 4.58 Å². The van der Waals surface area contributed by atoms with Crippen molar-refractivity contribution in [2.24, 2.45) is 11.8 Å². The Morgan fingerprint density at radius 3 is 1.71 bits per heavy atom. The molecular weight excluding hydrogens is 272 g/mol. The number of rotatable bonds is 2. The van der Waals surface area contributed by atoms with Crippen LogP contribution in [0.2, 0.25) is 0 Å². The molecular formula is C16H28O5. The monoisotopic (exact) mass is 300 g/mol. The first kappa shape index (κ1) is 17.8. The fraction of sp³-hybridized carbons (Fsp3) is 0.875. The molecule has 0 aromatic carbocycles. The predicted octanol–water partition coefficient (Wildman–Crippen LogP) is 2.29. The molecule has 0 spiro atoms. The fourth-order valence-corrected chi connectivity index (χ4v) is 2.42. The van der Waals surface area contributed by atoms with Crippen molar-refractivity contribution in [2.75, 3.05) is 0 Å². The van der Waals surface area contributed by atoms with E-state index in [0.29, 0.717) is 25.7 Å². The SMILES string of the molecule is CC(C)(C)OC(=O)C1CCC(C(OC(C)(C)C)=[O+][O-])CC1. The zero-order chi connectivity index (χ0) is 16.3. The van der Waals surface area contributed by atoms with Gasteiger partial charge in [-0.25, -0.2) is 0 Å². The molecule has 122 valence electrons. The molecule has 0 heterocycles. The van der Waals surface area contributed by atoms with E-state index in [9.17, 15) is 10.1 Å². The van der Waals surface area contributed by atoms with E-state index in [4.69, 9.17) is 9.47 Å². The van der Waals surface area contributed by atoms with E-state index < -0.39 is 11.2 Å². The molecule has 0 aromatic heterocycles. The van der Waals surface area contributed by atoms with Crippen LogP contribution in [0, 0.1) is 11.8 Å². The molecule has 21 heavy (non-hydrogen) atoms. The largest absolute Gasteiger partial charge is 0.588 e. The second kappa shape index (κ2) is 6.67. The van der Waals surface area contributed by atoms with Crippen LogP contribution in [0.3, 0.4) is 0 Å². The summed E-state index contributed by atoms with van der Waals surface area (Å²) in [4.78, 5) is 12.0. The zero-order valence-electron chi connectivity index (χ0n) is 14.0. The Hall–Kier alpha value is -1.26. The van der Waals surface area contributed by atoms with Gasteiger partial charge >= 0.3 is 11.9 Å². The van der Waals surface area contributed by atoms with Crippen molar-refractivity contribution >= 4 is 11.9 Å². The summed E-state index contributed by atoms with van der Waals surface area (Å²) in [7, 11) is 0. The standard InChI is InChI=1S/C16H28O5/c1-15(2,3)19-13(17)11-7-9-12(10-8-11)14(21-18)20-16(4,5)6/h11-12H,7-10H2,1-6H3. The van der Waals surface area contributed by atoms with Gasteiger partial charge in [0.15, 0.2) is 5.60 Å². The number of hydrogen-bond acceptors (Lipinski definition) is 4. The van der Waals surface area contributed by atoms with Gasteiger partial charge in [-0.05, 0) is 46.5 Å². The Kier molecular flexibility index (Phi) is 5.65. The maximum absolute atomic E-state index is 12.0. The van der Waals surface area contributed by atoms with E-state index in [1.807, 2.05) is 41.5 Å². The molecule has 1 saturated carbocycles. The van der Waals surface area contributed by atoms with Gasteiger partial charge in [-0.1, -0.05) is 0 Å². The molecule has 0 aliphatic heterocycles. The minimum absolute atomic E-state index is 0.0413. The van der Waals surface area contributed by atoms with Gasteiger partial charge in [-0.3, -0.25) is 9.37 Å². The van der Waals surface area contributed by atoms with Crippen LogP contribution in [0.4, 0.5) is 0 Å². The fourth-order valence-electron chi connectivity index (χ4n) is 2.42. The first-order valence-corrected chi connectivity index (χ1v) is 7.60. The molecule has 0 unspecified atom stereocenters. The van der Waals surface area contributed by atoms with Gasteiger partial charge in [0.25, 0.3) is 0 Å². The average molecular weight is 300 g/mol. The normalized spacial score (nSPS) is 24.6. The van der Waals surface area contributed by atoms with Gasteiger partial charge in [-0.15, -0.1) is 0 Å². The Balaban J connectivity index is 2.53. The van der Waals surface area contributed by atoms with Crippen LogP contribution in [0.15, 0.2) is 0 Å². The quantitative estimate of drug-likeness (QED) is 0.339. The highest BCUT2D eigenvalue weighted by Crippen LogP contribution is 2.32. The van der Waals surface area contributed by atoms with Gasteiger partial charge in [0.2, 0.25) is 0 Å². The van der Waals surface area contributed by atoms with Crippen molar-refractivity contribution in [1.29, 1.82) is 0 Å². The third kappa shape index (κ3) is 6.36. The Labute approximate surface area is 127 Å². The highest BCUT2D eigenvalue weighted by atomic mass is 17.1. The lowest BCUT2D eigenvalue weighted by atomic mass is 9.82. The van der Waals surface area contributed by atoms with Gasteiger partial charge in [0, 0.05) is 20.8 Å². The molecule has 0 N–H and O–H groups in total. The van der Waals surface area contributed by atoms with Crippen LogP contribution in [0.25, 0.3) is 0 Å². The smallest absolute Gasteiger partial charge is 0.500 e. The van der Waals surface area contributed by atoms with E-state index in [1.165, 1.54) is 0 Å². The average Bonchev–Trinajstić information content (AvgIpc) is 2.33. The highest BCUT2D eigenvalue weighted by Gasteiger charge is 2.39. The van der Waals surface area contributed by atoms with Crippen LogP contribution in [-0.2, 0) is 18.8 Å². The molecule has 1 rings (SSSR count). The molecule has 5 heteroatoms. The highest BCUT2D eigenvalue weighted by molar-refractivity contribution is 5.75. The second-order valence-electron chi connectivity index (χ2n) is 7.70. The van der Waals surface area contributed by atoms with Gasteiger partial charge in [0.05, 0.1) is 5.92 Å². The molecule has 0 radical (unpaired) electrons. The second-order valence-corrected chi connectivity index (χ2v) is 7.70. The molecule has 0 saturated heterocycles. The van der Waals surface area contributed by atoms with Crippen molar-refractivity contribution in [1.82, 2.24) is 0 Å². The summed E-state index contributed by atoms with van der Waals surface area (Å²) in [5, 5.41) is 10.9. The van der Waals surface area contributed by atoms with Crippen LogP contribution >= 0.6 is 0 Å². The Morgan fingerprint density at radius 1 is 0.905 bits per heavy atom. The minimum Gasteiger partial charge on any atom is -0.588 e. The molecule has 1 aliphatic carbocycles. The van der Waals surface area contributed by atoms with Crippen LogP contribution < -0.4 is 5.26 Å². The topological polar surface area (TPSA) is 69.9 Å². The van der Waals surface area contributed by atoms with Crippen molar-refractivity contribution in [3.63, 3.8) is 0 Å². The summed E-state index contributed by atoms with van der Waals surface area (Å²) in [5.41, 5.74) is -0.916. The summed E-state index contributed by atoms with van der Waals surface area (Å²) in [6.45, 7) is 11.2. The first-order valence-electron chi connectivity index (χ1n) is 7.60. The Bertz CT molecular complexity index is 378. The lowest BCUT2D eigenvalue weighted by molar-refractivity contribution is -1.05. The minimum atomic E-state index is -0.460. The van der Waals surface area contributed by atoms with E-state index in [1.54, 1.807) is 0 Å². The predicted molar refractivity (Wildman–Crippen MR) is 77.1 cm³/mol. The summed E-state index contributed by atoms with van der Waals surface area (Å²) in [6, 6.07) is 0.